The molecule has 4 heterocycles. The summed E-state index contributed by atoms with van der Waals surface area (Å²) in [5.41, 5.74) is 4.97. The van der Waals surface area contributed by atoms with E-state index in [0.717, 1.165) is 68.2 Å². The van der Waals surface area contributed by atoms with Crippen molar-refractivity contribution in [3.8, 4) is 5.75 Å². The molecule has 0 unspecified atom stereocenters. The second-order valence-corrected chi connectivity index (χ2v) is 7.91. The third-order valence-corrected chi connectivity index (χ3v) is 5.93. The summed E-state index contributed by atoms with van der Waals surface area (Å²) in [6.07, 6.45) is 2.67. The summed E-state index contributed by atoms with van der Waals surface area (Å²) in [6.45, 7) is 6.87. The highest BCUT2D eigenvalue weighted by Gasteiger charge is 2.23. The Labute approximate surface area is 169 Å². The maximum absolute atomic E-state index is 13.0. The second-order valence-electron chi connectivity index (χ2n) is 7.91. The van der Waals surface area contributed by atoms with E-state index in [1.54, 1.807) is 10.9 Å². The summed E-state index contributed by atoms with van der Waals surface area (Å²) < 4.78 is 7.35. The molecule has 1 amide bonds. The van der Waals surface area contributed by atoms with E-state index in [1.165, 1.54) is 11.1 Å². The number of aromatic nitrogens is 3. The lowest BCUT2D eigenvalue weighted by atomic mass is 10.1. The Bertz CT molecular complexity index is 1080. The van der Waals surface area contributed by atoms with Crippen LogP contribution < -0.4 is 4.74 Å². The third kappa shape index (κ3) is 3.35. The van der Waals surface area contributed by atoms with Crippen molar-refractivity contribution >= 4 is 16.9 Å². The van der Waals surface area contributed by atoms with E-state index in [9.17, 15) is 4.79 Å². The van der Waals surface area contributed by atoms with E-state index in [0.29, 0.717) is 5.56 Å². The molecule has 150 valence electrons. The Kier molecular flexibility index (Phi) is 4.47. The number of hydrogen-bond donors (Lipinski definition) is 0. The van der Waals surface area contributed by atoms with Crippen molar-refractivity contribution in [3.63, 3.8) is 0 Å². The van der Waals surface area contributed by atoms with Gasteiger partial charge in [-0.3, -0.25) is 14.4 Å². The number of pyridine rings is 1. The maximum Gasteiger partial charge on any atom is 0.255 e. The van der Waals surface area contributed by atoms with Crippen LogP contribution in [0.1, 0.15) is 27.2 Å². The van der Waals surface area contributed by atoms with Crippen LogP contribution in [0.25, 0.3) is 11.0 Å². The summed E-state index contributed by atoms with van der Waals surface area (Å²) in [5.74, 6) is 1.08. The molecule has 1 fully saturated rings. The van der Waals surface area contributed by atoms with Crippen LogP contribution in [0.4, 0.5) is 0 Å². The maximum atomic E-state index is 13.0. The highest BCUT2D eigenvalue weighted by molar-refractivity contribution is 5.97. The van der Waals surface area contributed by atoms with Gasteiger partial charge >= 0.3 is 0 Å². The van der Waals surface area contributed by atoms with Gasteiger partial charge in [-0.15, -0.1) is 0 Å². The Morgan fingerprint density at radius 2 is 2.00 bits per heavy atom. The van der Waals surface area contributed by atoms with Crippen LogP contribution in [-0.4, -0.2) is 63.3 Å². The number of rotatable bonds is 3. The predicted octanol–water partition coefficient (Wildman–Crippen LogP) is 2.17. The molecule has 5 rings (SSSR count). The average molecular weight is 391 g/mol. The molecule has 0 spiro atoms. The fourth-order valence-electron chi connectivity index (χ4n) is 4.31. The lowest BCUT2D eigenvalue weighted by Crippen LogP contribution is -2.48. The number of piperazine rings is 1. The van der Waals surface area contributed by atoms with E-state index in [2.05, 4.69) is 33.2 Å². The van der Waals surface area contributed by atoms with Gasteiger partial charge in [0.1, 0.15) is 5.75 Å². The van der Waals surface area contributed by atoms with E-state index >= 15 is 0 Å². The molecule has 0 atom stereocenters. The minimum Gasteiger partial charge on any atom is -0.493 e. The number of carbonyl (C=O) groups excluding carboxylic acids is 1. The molecule has 3 aromatic rings. The van der Waals surface area contributed by atoms with Gasteiger partial charge in [0.05, 0.1) is 17.9 Å². The van der Waals surface area contributed by atoms with Crippen LogP contribution in [0.3, 0.4) is 0 Å². The smallest absolute Gasteiger partial charge is 0.255 e. The van der Waals surface area contributed by atoms with E-state index in [-0.39, 0.29) is 5.91 Å². The Morgan fingerprint density at radius 3 is 2.83 bits per heavy atom. The number of hydrogen-bond acceptors (Lipinski definition) is 5. The van der Waals surface area contributed by atoms with Gasteiger partial charge < -0.3 is 9.64 Å². The molecule has 1 saturated heterocycles. The highest BCUT2D eigenvalue weighted by atomic mass is 16.5. The van der Waals surface area contributed by atoms with E-state index in [4.69, 9.17) is 4.74 Å². The molecule has 2 aliphatic heterocycles. The topological polar surface area (TPSA) is 63.5 Å². The first-order chi connectivity index (χ1) is 14.1. The van der Waals surface area contributed by atoms with Crippen molar-refractivity contribution in [1.82, 2.24) is 24.6 Å². The molecule has 1 aromatic carbocycles. The first kappa shape index (κ1) is 18.1. The van der Waals surface area contributed by atoms with Gasteiger partial charge in [0.2, 0.25) is 0 Å². The van der Waals surface area contributed by atoms with E-state index in [1.807, 2.05) is 24.9 Å². The molecular weight excluding hydrogens is 366 g/mol. The number of ether oxygens (including phenoxy) is 1. The summed E-state index contributed by atoms with van der Waals surface area (Å²) in [7, 11) is 1.87. The SMILES string of the molecule is Cc1nn(C)c2ncc(C(=O)N3CCN(Cc4ccc5c(c4)CCO5)CC3)cc12. The normalized spacial score (nSPS) is 16.8. The van der Waals surface area contributed by atoms with Crippen molar-refractivity contribution in [1.29, 1.82) is 0 Å². The quantitative estimate of drug-likeness (QED) is 0.685. The Balaban J connectivity index is 1.23. The first-order valence-electron chi connectivity index (χ1n) is 10.1. The molecule has 0 N–H and O–H groups in total. The predicted molar refractivity (Wildman–Crippen MR) is 110 cm³/mol. The van der Waals surface area contributed by atoms with Crippen LogP contribution >= 0.6 is 0 Å². The van der Waals surface area contributed by atoms with Crippen molar-refractivity contribution in [2.75, 3.05) is 32.8 Å². The molecule has 7 nitrogen and oxygen atoms in total. The summed E-state index contributed by atoms with van der Waals surface area (Å²) in [4.78, 5) is 21.8. The number of amides is 1. The lowest BCUT2D eigenvalue weighted by molar-refractivity contribution is 0.0628. The molecule has 29 heavy (non-hydrogen) atoms. The zero-order valence-electron chi connectivity index (χ0n) is 16.9. The summed E-state index contributed by atoms with van der Waals surface area (Å²) in [5, 5.41) is 5.33. The van der Waals surface area contributed by atoms with Crippen LogP contribution in [-0.2, 0) is 20.0 Å². The van der Waals surface area contributed by atoms with Gasteiger partial charge in [0.15, 0.2) is 5.65 Å². The van der Waals surface area contributed by atoms with Gasteiger partial charge in [-0.25, -0.2) is 4.98 Å². The van der Waals surface area contributed by atoms with Gasteiger partial charge in [-0.2, -0.15) is 5.10 Å². The van der Waals surface area contributed by atoms with Crippen molar-refractivity contribution in [2.45, 2.75) is 19.9 Å². The van der Waals surface area contributed by atoms with Crippen molar-refractivity contribution < 1.29 is 9.53 Å². The first-order valence-corrected chi connectivity index (χ1v) is 10.1. The van der Waals surface area contributed by atoms with Crippen LogP contribution in [0.5, 0.6) is 5.75 Å². The van der Waals surface area contributed by atoms with Crippen LogP contribution in [0.15, 0.2) is 30.5 Å². The number of benzene rings is 1. The highest BCUT2D eigenvalue weighted by Crippen LogP contribution is 2.26. The largest absolute Gasteiger partial charge is 0.493 e. The zero-order valence-corrected chi connectivity index (χ0v) is 16.9. The van der Waals surface area contributed by atoms with Crippen molar-refractivity contribution in [3.05, 3.63) is 52.8 Å². The van der Waals surface area contributed by atoms with Crippen molar-refractivity contribution in [2.24, 2.45) is 7.05 Å². The van der Waals surface area contributed by atoms with Crippen LogP contribution in [0.2, 0.25) is 0 Å². The Hall–Kier alpha value is -2.93. The summed E-state index contributed by atoms with van der Waals surface area (Å²) >= 11 is 0. The molecule has 2 aromatic heterocycles. The zero-order chi connectivity index (χ0) is 20.0. The second kappa shape index (κ2) is 7.15. The third-order valence-electron chi connectivity index (χ3n) is 5.93. The van der Waals surface area contributed by atoms with Gasteiger partial charge in [-0.1, -0.05) is 12.1 Å². The van der Waals surface area contributed by atoms with Gasteiger partial charge in [0, 0.05) is 57.8 Å². The average Bonchev–Trinajstić information content (AvgIpc) is 3.31. The fourth-order valence-corrected chi connectivity index (χ4v) is 4.31. The Morgan fingerprint density at radius 1 is 1.17 bits per heavy atom. The molecule has 0 saturated carbocycles. The summed E-state index contributed by atoms with van der Waals surface area (Å²) in [6, 6.07) is 8.42. The van der Waals surface area contributed by atoms with Crippen LogP contribution in [0, 0.1) is 6.92 Å². The molecular formula is C22H25N5O2. The number of nitrogens with zero attached hydrogens (tertiary/aromatic N) is 5. The molecule has 0 aliphatic carbocycles. The standard InChI is InChI=1S/C22H25N5O2/c1-15-19-12-18(13-23-21(19)25(2)24-15)22(28)27-8-6-26(7-9-27)14-16-3-4-20-17(11-16)5-10-29-20/h3-4,11-13H,5-10,14H2,1-2H3. The molecule has 0 bridgehead atoms. The minimum atomic E-state index is 0.0528. The monoisotopic (exact) mass is 391 g/mol. The van der Waals surface area contributed by atoms with Gasteiger partial charge in [0.25, 0.3) is 5.91 Å². The minimum absolute atomic E-state index is 0.0528. The lowest BCUT2D eigenvalue weighted by Gasteiger charge is -2.34. The molecule has 7 heteroatoms. The number of fused-ring (bicyclic) bond motifs is 2. The molecule has 2 aliphatic rings. The fraction of sp³-hybridized carbons (Fsp3) is 0.409. The number of aryl methyl sites for hydroxylation is 2. The van der Waals surface area contributed by atoms with E-state index < -0.39 is 0 Å². The van der Waals surface area contributed by atoms with Gasteiger partial charge in [-0.05, 0) is 30.2 Å². The molecule has 0 radical (unpaired) electrons. The number of carbonyl (C=O) groups is 1.